The van der Waals surface area contributed by atoms with Crippen LogP contribution in [0.2, 0.25) is 5.02 Å². The average molecular weight is 480 g/mol. The van der Waals surface area contributed by atoms with Crippen LogP contribution in [0.3, 0.4) is 0 Å². The van der Waals surface area contributed by atoms with Crippen molar-refractivity contribution in [1.82, 2.24) is 15.1 Å². The molecule has 34 heavy (non-hydrogen) atoms. The lowest BCUT2D eigenvalue weighted by atomic mass is 9.92. The molecular formula is C27H27ClFN3O2. The first-order chi connectivity index (χ1) is 16.0. The quantitative estimate of drug-likeness (QED) is 0.356. The minimum Gasteiger partial charge on any atom is -0.508 e. The van der Waals surface area contributed by atoms with Crippen LogP contribution in [0.15, 0.2) is 60.7 Å². The summed E-state index contributed by atoms with van der Waals surface area (Å²) in [5, 5.41) is 19.4. The van der Waals surface area contributed by atoms with Gasteiger partial charge in [-0.3, -0.25) is 4.79 Å². The highest BCUT2D eigenvalue weighted by molar-refractivity contribution is 6.30. The molecule has 1 aromatic heterocycles. The van der Waals surface area contributed by atoms with Gasteiger partial charge in [0.15, 0.2) is 0 Å². The van der Waals surface area contributed by atoms with Crippen LogP contribution < -0.4 is 5.32 Å². The molecule has 2 N–H and O–H groups in total. The number of carbonyl (C=O) groups excluding carboxylic acids is 1. The zero-order valence-electron chi connectivity index (χ0n) is 19.6. The summed E-state index contributed by atoms with van der Waals surface area (Å²) in [6, 6.07) is 17.3. The van der Waals surface area contributed by atoms with Crippen molar-refractivity contribution < 1.29 is 14.3 Å². The number of hydrogen-bond donors (Lipinski definition) is 2. The molecular weight excluding hydrogens is 453 g/mol. The first kappa shape index (κ1) is 23.8. The Kier molecular flexibility index (Phi) is 6.36. The SMILES string of the molecule is CC(C(=O)NCc1cc(C(C)(C)C)nn1-c1ccc(F)c(Cl)c1)c1cccc2ccc(O)cc12. The second-order valence-electron chi connectivity index (χ2n) is 9.47. The molecule has 0 aliphatic rings. The van der Waals surface area contributed by atoms with E-state index in [1.165, 1.54) is 12.1 Å². The predicted molar refractivity (Wildman–Crippen MR) is 133 cm³/mol. The van der Waals surface area contributed by atoms with Crippen molar-refractivity contribution >= 4 is 28.3 Å². The van der Waals surface area contributed by atoms with Crippen molar-refractivity contribution in [1.29, 1.82) is 0 Å². The lowest BCUT2D eigenvalue weighted by Crippen LogP contribution is -2.28. The van der Waals surface area contributed by atoms with Gasteiger partial charge in [0.25, 0.3) is 0 Å². The third-order valence-electron chi connectivity index (χ3n) is 5.90. The zero-order valence-corrected chi connectivity index (χ0v) is 20.3. The van der Waals surface area contributed by atoms with Gasteiger partial charge in [0.2, 0.25) is 5.91 Å². The summed E-state index contributed by atoms with van der Waals surface area (Å²) in [6.07, 6.45) is 0. The maximum Gasteiger partial charge on any atom is 0.227 e. The van der Waals surface area contributed by atoms with Gasteiger partial charge in [-0.15, -0.1) is 0 Å². The van der Waals surface area contributed by atoms with Crippen molar-refractivity contribution in [2.24, 2.45) is 0 Å². The lowest BCUT2D eigenvalue weighted by molar-refractivity contribution is -0.122. The Morgan fingerprint density at radius 3 is 2.62 bits per heavy atom. The Hall–Kier alpha value is -3.38. The molecule has 1 atom stereocenters. The number of halogens is 2. The van der Waals surface area contributed by atoms with E-state index >= 15 is 0 Å². The number of amides is 1. The van der Waals surface area contributed by atoms with Crippen molar-refractivity contribution in [3.63, 3.8) is 0 Å². The summed E-state index contributed by atoms with van der Waals surface area (Å²) in [5.41, 5.74) is 2.83. The molecule has 0 aliphatic carbocycles. The van der Waals surface area contributed by atoms with Crippen molar-refractivity contribution in [2.45, 2.75) is 45.6 Å². The second-order valence-corrected chi connectivity index (χ2v) is 9.88. The van der Waals surface area contributed by atoms with Crippen LogP contribution in [0.25, 0.3) is 16.5 Å². The standard InChI is InChI=1S/C27H27ClFN3O2/c1-16(21-7-5-6-17-8-10-20(33)14-22(17)21)26(34)30-15-19-13-25(27(2,3)4)31-32(19)18-9-11-24(29)23(28)12-18/h5-14,16,33H,15H2,1-4H3,(H,30,34). The highest BCUT2D eigenvalue weighted by Crippen LogP contribution is 2.29. The number of aromatic nitrogens is 2. The van der Waals surface area contributed by atoms with Crippen LogP contribution in [0.4, 0.5) is 4.39 Å². The third kappa shape index (κ3) is 4.77. The van der Waals surface area contributed by atoms with Gasteiger partial charge in [-0.25, -0.2) is 9.07 Å². The molecule has 7 heteroatoms. The van der Waals surface area contributed by atoms with E-state index in [0.717, 1.165) is 27.7 Å². The summed E-state index contributed by atoms with van der Waals surface area (Å²) in [5.74, 6) is -0.940. The van der Waals surface area contributed by atoms with Gasteiger partial charge < -0.3 is 10.4 Å². The number of nitrogens with one attached hydrogen (secondary N) is 1. The number of phenols is 1. The topological polar surface area (TPSA) is 67.2 Å². The van der Waals surface area contributed by atoms with Crippen LogP contribution in [-0.4, -0.2) is 20.8 Å². The number of phenolic OH excluding ortho intramolecular Hbond substituents is 1. The molecule has 0 fully saturated rings. The first-order valence-electron chi connectivity index (χ1n) is 11.1. The van der Waals surface area contributed by atoms with Gasteiger partial charge >= 0.3 is 0 Å². The van der Waals surface area contributed by atoms with Crippen molar-refractivity contribution in [3.05, 3.63) is 88.5 Å². The van der Waals surface area contributed by atoms with Gasteiger partial charge in [-0.1, -0.05) is 56.6 Å². The summed E-state index contributed by atoms with van der Waals surface area (Å²) in [6.45, 7) is 8.23. The van der Waals surface area contributed by atoms with Gasteiger partial charge in [-0.05, 0) is 59.7 Å². The minimum absolute atomic E-state index is 0.00752. The van der Waals surface area contributed by atoms with Crippen LogP contribution in [0, 0.1) is 5.82 Å². The van der Waals surface area contributed by atoms with Gasteiger partial charge in [-0.2, -0.15) is 5.10 Å². The normalized spacial score (nSPS) is 12.6. The molecule has 1 amide bonds. The molecule has 1 unspecified atom stereocenters. The Morgan fingerprint density at radius 2 is 1.91 bits per heavy atom. The molecule has 0 bridgehead atoms. The third-order valence-corrected chi connectivity index (χ3v) is 6.19. The van der Waals surface area contributed by atoms with Crippen LogP contribution in [0.5, 0.6) is 5.75 Å². The fourth-order valence-corrected chi connectivity index (χ4v) is 4.06. The number of aromatic hydroxyl groups is 1. The first-order valence-corrected chi connectivity index (χ1v) is 11.5. The molecule has 4 rings (SSSR count). The van der Waals surface area contributed by atoms with E-state index < -0.39 is 11.7 Å². The average Bonchev–Trinajstić information content (AvgIpc) is 3.23. The number of hydrogen-bond acceptors (Lipinski definition) is 3. The monoisotopic (exact) mass is 479 g/mol. The number of fused-ring (bicyclic) bond motifs is 1. The predicted octanol–water partition coefficient (Wildman–Crippen LogP) is 6.24. The van der Waals surface area contributed by atoms with E-state index in [0.29, 0.717) is 5.69 Å². The maximum atomic E-state index is 13.7. The highest BCUT2D eigenvalue weighted by Gasteiger charge is 2.23. The Labute approximate surface area is 203 Å². The van der Waals surface area contributed by atoms with Crippen LogP contribution in [0.1, 0.15) is 50.6 Å². The molecule has 0 saturated heterocycles. The van der Waals surface area contributed by atoms with Crippen molar-refractivity contribution in [2.75, 3.05) is 0 Å². The molecule has 3 aromatic carbocycles. The molecule has 5 nitrogen and oxygen atoms in total. The largest absolute Gasteiger partial charge is 0.508 e. The molecule has 0 aliphatic heterocycles. The van der Waals surface area contributed by atoms with Gasteiger partial charge in [0, 0.05) is 5.41 Å². The Bertz CT molecular complexity index is 1370. The van der Waals surface area contributed by atoms with Gasteiger partial charge in [0.1, 0.15) is 11.6 Å². The van der Waals surface area contributed by atoms with E-state index in [4.69, 9.17) is 16.7 Å². The van der Waals surface area contributed by atoms with E-state index in [9.17, 15) is 14.3 Å². The summed E-state index contributed by atoms with van der Waals surface area (Å²) in [4.78, 5) is 13.1. The van der Waals surface area contributed by atoms with Crippen LogP contribution >= 0.6 is 11.6 Å². The summed E-state index contributed by atoms with van der Waals surface area (Å²) < 4.78 is 15.4. The fourth-order valence-electron chi connectivity index (χ4n) is 3.89. The second kappa shape index (κ2) is 9.11. The number of carbonyl (C=O) groups is 1. The van der Waals surface area contributed by atoms with E-state index in [1.54, 1.807) is 22.9 Å². The van der Waals surface area contributed by atoms with E-state index in [2.05, 4.69) is 26.1 Å². The van der Waals surface area contributed by atoms with Crippen molar-refractivity contribution in [3.8, 4) is 11.4 Å². The zero-order chi connectivity index (χ0) is 24.6. The number of nitrogens with zero attached hydrogens (tertiary/aromatic N) is 2. The summed E-state index contributed by atoms with van der Waals surface area (Å²) in [7, 11) is 0. The molecule has 4 aromatic rings. The molecule has 1 heterocycles. The fraction of sp³-hybridized carbons (Fsp3) is 0.259. The number of benzene rings is 3. The Morgan fingerprint density at radius 1 is 1.15 bits per heavy atom. The smallest absolute Gasteiger partial charge is 0.227 e. The molecule has 0 saturated carbocycles. The Balaban J connectivity index is 1.62. The van der Waals surface area contributed by atoms with Gasteiger partial charge in [0.05, 0.1) is 34.6 Å². The number of rotatable bonds is 5. The van der Waals surface area contributed by atoms with E-state index in [1.807, 2.05) is 37.3 Å². The van der Waals surface area contributed by atoms with E-state index in [-0.39, 0.29) is 28.6 Å². The van der Waals surface area contributed by atoms with Crippen LogP contribution in [-0.2, 0) is 16.8 Å². The maximum absolute atomic E-state index is 13.7. The molecule has 0 spiro atoms. The minimum atomic E-state index is -0.501. The highest BCUT2D eigenvalue weighted by atomic mass is 35.5. The molecule has 176 valence electrons. The summed E-state index contributed by atoms with van der Waals surface area (Å²) >= 11 is 6.00. The lowest BCUT2D eigenvalue weighted by Gasteiger charge is -2.16. The molecule has 0 radical (unpaired) electrons.